The van der Waals surface area contributed by atoms with Crippen LogP contribution < -0.4 is 5.32 Å². The summed E-state index contributed by atoms with van der Waals surface area (Å²) in [6.45, 7) is 0.0769. The summed E-state index contributed by atoms with van der Waals surface area (Å²) in [6, 6.07) is 5.60. The number of nitrogens with one attached hydrogen (secondary N) is 1. The number of aromatic nitrogens is 1. The molecule has 60 valence electrons. The van der Waals surface area contributed by atoms with Gasteiger partial charge < -0.3 is 10.4 Å². The van der Waals surface area contributed by atoms with E-state index in [1.807, 2.05) is 18.2 Å². The van der Waals surface area contributed by atoms with Gasteiger partial charge in [-0.15, -0.1) is 0 Å². The summed E-state index contributed by atoms with van der Waals surface area (Å²) >= 11 is 0. The minimum absolute atomic E-state index is 0.0452. The molecular weight excluding hydrogens is 140 g/mol. The lowest BCUT2D eigenvalue weighted by molar-refractivity contribution is 0.248. The number of aliphatic hydroxyl groups is 1. The third-order valence-electron chi connectivity index (χ3n) is 1.58. The first-order chi connectivity index (χ1) is 5.38. The fourth-order valence-corrected chi connectivity index (χ4v) is 0.915. The molecule has 1 aromatic heterocycles. The standard InChI is InChI=1S/C8H12N2O/c1-9-8(6-11)7-4-2-3-5-10-7/h2-5,8-9,11H,6H2,1H3. The zero-order valence-corrected chi connectivity index (χ0v) is 6.49. The van der Waals surface area contributed by atoms with Crippen LogP contribution in [0.15, 0.2) is 24.4 Å². The van der Waals surface area contributed by atoms with Crippen molar-refractivity contribution in [1.29, 1.82) is 0 Å². The highest BCUT2D eigenvalue weighted by atomic mass is 16.3. The second-order valence-corrected chi connectivity index (χ2v) is 2.28. The van der Waals surface area contributed by atoms with Crippen molar-refractivity contribution in [2.24, 2.45) is 0 Å². The summed E-state index contributed by atoms with van der Waals surface area (Å²) in [6.07, 6.45) is 1.72. The van der Waals surface area contributed by atoms with Gasteiger partial charge >= 0.3 is 0 Å². The number of rotatable bonds is 3. The molecule has 0 saturated heterocycles. The molecule has 0 aliphatic rings. The maximum Gasteiger partial charge on any atom is 0.0727 e. The number of hydrogen-bond donors (Lipinski definition) is 2. The maximum absolute atomic E-state index is 8.88. The van der Waals surface area contributed by atoms with Gasteiger partial charge in [-0.2, -0.15) is 0 Å². The summed E-state index contributed by atoms with van der Waals surface area (Å²) in [4.78, 5) is 4.10. The average molecular weight is 152 g/mol. The van der Waals surface area contributed by atoms with Crippen molar-refractivity contribution in [2.75, 3.05) is 13.7 Å². The van der Waals surface area contributed by atoms with Gasteiger partial charge in [-0.05, 0) is 19.2 Å². The van der Waals surface area contributed by atoms with E-state index in [4.69, 9.17) is 5.11 Å². The first kappa shape index (κ1) is 8.17. The maximum atomic E-state index is 8.88. The zero-order valence-electron chi connectivity index (χ0n) is 6.49. The Hall–Kier alpha value is -0.930. The number of likely N-dealkylation sites (N-methyl/N-ethyl adjacent to an activating group) is 1. The van der Waals surface area contributed by atoms with Crippen molar-refractivity contribution in [2.45, 2.75) is 6.04 Å². The van der Waals surface area contributed by atoms with Crippen molar-refractivity contribution in [3.8, 4) is 0 Å². The van der Waals surface area contributed by atoms with Crippen LogP contribution in [0.3, 0.4) is 0 Å². The van der Waals surface area contributed by atoms with Crippen LogP contribution in [0.2, 0.25) is 0 Å². The minimum Gasteiger partial charge on any atom is -0.394 e. The Balaban J connectivity index is 2.74. The van der Waals surface area contributed by atoms with Crippen LogP contribution in [0.4, 0.5) is 0 Å². The quantitative estimate of drug-likeness (QED) is 0.656. The number of pyridine rings is 1. The third-order valence-corrected chi connectivity index (χ3v) is 1.58. The van der Waals surface area contributed by atoms with Crippen molar-refractivity contribution >= 4 is 0 Å². The molecule has 1 heterocycles. The van der Waals surface area contributed by atoms with Crippen molar-refractivity contribution < 1.29 is 5.11 Å². The van der Waals surface area contributed by atoms with E-state index in [9.17, 15) is 0 Å². The van der Waals surface area contributed by atoms with Gasteiger partial charge in [-0.25, -0.2) is 0 Å². The third kappa shape index (κ3) is 2.00. The summed E-state index contributed by atoms with van der Waals surface area (Å²) < 4.78 is 0. The minimum atomic E-state index is -0.0452. The molecule has 0 aromatic carbocycles. The molecule has 0 bridgehead atoms. The highest BCUT2D eigenvalue weighted by Gasteiger charge is 2.06. The summed E-state index contributed by atoms with van der Waals surface area (Å²) in [5, 5.41) is 11.8. The highest BCUT2D eigenvalue weighted by Crippen LogP contribution is 2.06. The van der Waals surface area contributed by atoms with Crippen LogP contribution in [0, 0.1) is 0 Å². The SMILES string of the molecule is CNC(CO)c1ccccn1. The molecule has 0 amide bonds. The molecule has 3 heteroatoms. The average Bonchev–Trinajstić information content (AvgIpc) is 2.09. The van der Waals surface area contributed by atoms with Crippen LogP contribution >= 0.6 is 0 Å². The number of hydrogen-bond acceptors (Lipinski definition) is 3. The Kier molecular flexibility index (Phi) is 3.01. The van der Waals surface area contributed by atoms with Gasteiger partial charge in [0.25, 0.3) is 0 Å². The predicted octanol–water partition coefficient (Wildman–Crippen LogP) is 0.334. The Morgan fingerprint density at radius 2 is 2.45 bits per heavy atom. The van der Waals surface area contributed by atoms with Crippen LogP contribution in [0.1, 0.15) is 11.7 Å². The molecule has 0 spiro atoms. The smallest absolute Gasteiger partial charge is 0.0727 e. The van der Waals surface area contributed by atoms with Gasteiger partial charge in [-0.3, -0.25) is 4.98 Å². The van der Waals surface area contributed by atoms with E-state index in [0.29, 0.717) is 0 Å². The Morgan fingerprint density at radius 1 is 1.64 bits per heavy atom. The normalized spacial score (nSPS) is 12.9. The fourth-order valence-electron chi connectivity index (χ4n) is 0.915. The van der Waals surface area contributed by atoms with Crippen molar-refractivity contribution in [1.82, 2.24) is 10.3 Å². The Morgan fingerprint density at radius 3 is 2.91 bits per heavy atom. The van der Waals surface area contributed by atoms with E-state index in [-0.39, 0.29) is 12.6 Å². The van der Waals surface area contributed by atoms with Crippen LogP contribution in [-0.2, 0) is 0 Å². The van der Waals surface area contributed by atoms with E-state index in [1.165, 1.54) is 0 Å². The summed E-state index contributed by atoms with van der Waals surface area (Å²) in [7, 11) is 1.80. The zero-order chi connectivity index (χ0) is 8.10. The first-order valence-electron chi connectivity index (χ1n) is 3.57. The Bertz CT molecular complexity index is 197. The molecule has 1 rings (SSSR count). The van der Waals surface area contributed by atoms with E-state index in [2.05, 4.69) is 10.3 Å². The molecular formula is C8H12N2O. The van der Waals surface area contributed by atoms with Crippen LogP contribution in [-0.4, -0.2) is 23.7 Å². The van der Waals surface area contributed by atoms with Gasteiger partial charge in [0.15, 0.2) is 0 Å². The van der Waals surface area contributed by atoms with Crippen molar-refractivity contribution in [3.05, 3.63) is 30.1 Å². The molecule has 0 fully saturated rings. The molecule has 1 aromatic rings. The lowest BCUT2D eigenvalue weighted by Crippen LogP contribution is -2.20. The fraction of sp³-hybridized carbons (Fsp3) is 0.375. The number of nitrogens with zero attached hydrogens (tertiary/aromatic N) is 1. The second-order valence-electron chi connectivity index (χ2n) is 2.28. The molecule has 0 aliphatic heterocycles. The molecule has 2 N–H and O–H groups in total. The molecule has 1 unspecified atom stereocenters. The van der Waals surface area contributed by atoms with Gasteiger partial charge in [0.05, 0.1) is 18.3 Å². The number of aliphatic hydroxyl groups excluding tert-OH is 1. The monoisotopic (exact) mass is 152 g/mol. The summed E-state index contributed by atoms with van der Waals surface area (Å²) in [5.41, 5.74) is 0.873. The Labute approximate surface area is 66.1 Å². The molecule has 0 saturated carbocycles. The lowest BCUT2D eigenvalue weighted by Gasteiger charge is -2.10. The first-order valence-corrected chi connectivity index (χ1v) is 3.57. The van der Waals surface area contributed by atoms with Crippen molar-refractivity contribution in [3.63, 3.8) is 0 Å². The molecule has 11 heavy (non-hydrogen) atoms. The summed E-state index contributed by atoms with van der Waals surface area (Å²) in [5.74, 6) is 0. The predicted molar refractivity (Wildman–Crippen MR) is 43.1 cm³/mol. The molecule has 0 aliphatic carbocycles. The van der Waals surface area contributed by atoms with E-state index in [0.717, 1.165) is 5.69 Å². The molecule has 3 nitrogen and oxygen atoms in total. The molecule has 0 radical (unpaired) electrons. The molecule has 1 atom stereocenters. The van der Waals surface area contributed by atoms with Gasteiger partial charge in [-0.1, -0.05) is 6.07 Å². The highest BCUT2D eigenvalue weighted by molar-refractivity contribution is 5.08. The van der Waals surface area contributed by atoms with Gasteiger partial charge in [0, 0.05) is 6.20 Å². The van der Waals surface area contributed by atoms with E-state index in [1.54, 1.807) is 13.2 Å². The van der Waals surface area contributed by atoms with Gasteiger partial charge in [0.2, 0.25) is 0 Å². The van der Waals surface area contributed by atoms with Crippen LogP contribution in [0.5, 0.6) is 0 Å². The van der Waals surface area contributed by atoms with Crippen LogP contribution in [0.25, 0.3) is 0 Å². The topological polar surface area (TPSA) is 45.1 Å². The lowest BCUT2D eigenvalue weighted by atomic mass is 10.2. The van der Waals surface area contributed by atoms with E-state index >= 15 is 0 Å². The second kappa shape index (κ2) is 4.05. The van der Waals surface area contributed by atoms with E-state index < -0.39 is 0 Å². The van der Waals surface area contributed by atoms with Gasteiger partial charge in [0.1, 0.15) is 0 Å². The largest absolute Gasteiger partial charge is 0.394 e.